The molecule has 0 unspecified atom stereocenters. The van der Waals surface area contributed by atoms with Gasteiger partial charge in [-0.15, -0.1) is 0 Å². The minimum absolute atomic E-state index is 0.322. The first-order valence-corrected chi connectivity index (χ1v) is 7.20. The molecule has 102 valence electrons. The lowest BCUT2D eigenvalue weighted by Crippen LogP contribution is -2.07. The van der Waals surface area contributed by atoms with Crippen LogP contribution in [0.4, 0.5) is 0 Å². The normalized spacial score (nSPS) is 15.1. The number of rotatable bonds is 7. The summed E-state index contributed by atoms with van der Waals surface area (Å²) in [5.74, 6) is 0.322. The Morgan fingerprint density at radius 3 is 2.74 bits per heavy atom. The Morgan fingerprint density at radius 2 is 2.00 bits per heavy atom. The average molecular weight is 258 g/mol. The van der Waals surface area contributed by atoms with Crippen LogP contribution in [0.1, 0.15) is 44.1 Å². The summed E-state index contributed by atoms with van der Waals surface area (Å²) in [5.41, 5.74) is 2.23. The first-order chi connectivity index (χ1) is 9.36. The van der Waals surface area contributed by atoms with Gasteiger partial charge in [-0.2, -0.15) is 0 Å². The van der Waals surface area contributed by atoms with Crippen molar-refractivity contribution in [2.45, 2.75) is 45.1 Å². The molecule has 2 heteroatoms. The largest absolute Gasteiger partial charge is 0.377 e. The Balaban J connectivity index is 1.59. The fourth-order valence-electron chi connectivity index (χ4n) is 2.35. The van der Waals surface area contributed by atoms with Crippen LogP contribution in [-0.2, 0) is 16.1 Å². The van der Waals surface area contributed by atoms with Gasteiger partial charge in [-0.1, -0.05) is 36.4 Å². The highest BCUT2D eigenvalue weighted by Crippen LogP contribution is 2.19. The molecule has 0 saturated heterocycles. The van der Waals surface area contributed by atoms with Crippen LogP contribution >= 0.6 is 0 Å². The van der Waals surface area contributed by atoms with Crippen molar-refractivity contribution in [3.63, 3.8) is 0 Å². The topological polar surface area (TPSA) is 26.3 Å². The van der Waals surface area contributed by atoms with Crippen molar-refractivity contribution >= 4 is 5.78 Å². The van der Waals surface area contributed by atoms with E-state index in [1.165, 1.54) is 18.4 Å². The summed E-state index contributed by atoms with van der Waals surface area (Å²) in [6, 6.07) is 10.1. The highest BCUT2D eigenvalue weighted by molar-refractivity contribution is 5.95. The molecule has 2 nitrogen and oxygen atoms in total. The quantitative estimate of drug-likeness (QED) is 0.690. The van der Waals surface area contributed by atoms with Crippen molar-refractivity contribution in [3.8, 4) is 0 Å². The van der Waals surface area contributed by atoms with E-state index in [4.69, 9.17) is 4.74 Å². The lowest BCUT2D eigenvalue weighted by atomic mass is 9.94. The van der Waals surface area contributed by atoms with Gasteiger partial charge in [-0.05, 0) is 43.2 Å². The monoisotopic (exact) mass is 258 g/mol. The van der Waals surface area contributed by atoms with E-state index >= 15 is 0 Å². The SMILES string of the molecule is O=C(CCCOCc1ccccc1)C1=CCCCC1. The molecule has 0 bridgehead atoms. The van der Waals surface area contributed by atoms with E-state index in [-0.39, 0.29) is 0 Å². The molecule has 0 spiro atoms. The number of Topliss-reactive ketones (excluding diaryl/α,β-unsaturated/α-hetero) is 1. The summed E-state index contributed by atoms with van der Waals surface area (Å²) in [6.45, 7) is 1.30. The van der Waals surface area contributed by atoms with Crippen LogP contribution in [-0.4, -0.2) is 12.4 Å². The average Bonchev–Trinajstić information content (AvgIpc) is 2.49. The van der Waals surface area contributed by atoms with Crippen molar-refractivity contribution in [3.05, 3.63) is 47.5 Å². The minimum Gasteiger partial charge on any atom is -0.377 e. The minimum atomic E-state index is 0.322. The van der Waals surface area contributed by atoms with Crippen LogP contribution in [0, 0.1) is 0 Å². The third-order valence-corrected chi connectivity index (χ3v) is 3.45. The summed E-state index contributed by atoms with van der Waals surface area (Å²) in [4.78, 5) is 11.9. The predicted octanol–water partition coefficient (Wildman–Crippen LogP) is 4.05. The summed E-state index contributed by atoms with van der Waals surface area (Å²) in [6.07, 6.45) is 8.02. The van der Waals surface area contributed by atoms with Crippen molar-refractivity contribution < 1.29 is 9.53 Å². The first-order valence-electron chi connectivity index (χ1n) is 7.20. The zero-order chi connectivity index (χ0) is 13.3. The third kappa shape index (κ3) is 4.99. The molecular weight excluding hydrogens is 236 g/mol. The number of carbonyl (C=O) groups excluding carboxylic acids is 1. The van der Waals surface area contributed by atoms with Gasteiger partial charge in [0.1, 0.15) is 0 Å². The van der Waals surface area contributed by atoms with Crippen molar-refractivity contribution in [2.24, 2.45) is 0 Å². The van der Waals surface area contributed by atoms with Crippen LogP contribution < -0.4 is 0 Å². The Hall–Kier alpha value is -1.41. The standard InChI is InChI=1S/C17H22O2/c18-17(16-10-5-2-6-11-16)12-7-13-19-14-15-8-3-1-4-9-15/h1,3-4,8-10H,2,5-7,11-14H2. The van der Waals surface area contributed by atoms with Crippen LogP contribution in [0.25, 0.3) is 0 Å². The molecule has 0 radical (unpaired) electrons. The maximum absolute atomic E-state index is 11.9. The highest BCUT2D eigenvalue weighted by Gasteiger charge is 2.11. The molecule has 0 N–H and O–H groups in total. The molecule has 1 aliphatic carbocycles. The fourth-order valence-corrected chi connectivity index (χ4v) is 2.35. The van der Waals surface area contributed by atoms with Gasteiger partial charge in [-0.3, -0.25) is 4.79 Å². The number of benzene rings is 1. The van der Waals surface area contributed by atoms with Gasteiger partial charge in [0.15, 0.2) is 5.78 Å². The predicted molar refractivity (Wildman–Crippen MR) is 76.9 cm³/mol. The van der Waals surface area contributed by atoms with E-state index in [1.807, 2.05) is 18.2 Å². The van der Waals surface area contributed by atoms with E-state index in [0.717, 1.165) is 24.8 Å². The summed E-state index contributed by atoms with van der Waals surface area (Å²) in [7, 11) is 0. The zero-order valence-electron chi connectivity index (χ0n) is 11.4. The van der Waals surface area contributed by atoms with E-state index in [1.54, 1.807) is 0 Å². The molecule has 1 aromatic rings. The second-order valence-corrected chi connectivity index (χ2v) is 5.04. The number of ether oxygens (including phenoxy) is 1. The Kier molecular flexibility index (Phi) is 5.83. The molecule has 0 saturated carbocycles. The van der Waals surface area contributed by atoms with Gasteiger partial charge < -0.3 is 4.74 Å². The van der Waals surface area contributed by atoms with Crippen LogP contribution in [0.15, 0.2) is 42.0 Å². The zero-order valence-corrected chi connectivity index (χ0v) is 11.4. The van der Waals surface area contributed by atoms with Gasteiger partial charge >= 0.3 is 0 Å². The molecule has 0 aromatic heterocycles. The number of hydrogen-bond acceptors (Lipinski definition) is 2. The molecule has 1 aromatic carbocycles. The Morgan fingerprint density at radius 1 is 1.16 bits per heavy atom. The van der Waals surface area contributed by atoms with E-state index in [9.17, 15) is 4.79 Å². The van der Waals surface area contributed by atoms with Gasteiger partial charge in [0.25, 0.3) is 0 Å². The maximum Gasteiger partial charge on any atom is 0.158 e. The third-order valence-electron chi connectivity index (χ3n) is 3.45. The summed E-state index contributed by atoms with van der Waals surface area (Å²) < 4.78 is 5.59. The second kappa shape index (κ2) is 7.90. The molecule has 0 amide bonds. The van der Waals surface area contributed by atoms with Gasteiger partial charge in [0, 0.05) is 13.0 Å². The fraction of sp³-hybridized carbons (Fsp3) is 0.471. The Labute approximate surface area is 115 Å². The van der Waals surface area contributed by atoms with Gasteiger partial charge in [0.05, 0.1) is 6.61 Å². The van der Waals surface area contributed by atoms with Gasteiger partial charge in [-0.25, -0.2) is 0 Å². The van der Waals surface area contributed by atoms with Crippen molar-refractivity contribution in [2.75, 3.05) is 6.61 Å². The van der Waals surface area contributed by atoms with Crippen LogP contribution in [0.5, 0.6) is 0 Å². The maximum atomic E-state index is 11.9. The number of hydrogen-bond donors (Lipinski definition) is 0. The number of allylic oxidation sites excluding steroid dienone is 2. The first kappa shape index (κ1) is 14.0. The number of carbonyl (C=O) groups is 1. The van der Waals surface area contributed by atoms with E-state index in [0.29, 0.717) is 25.4 Å². The summed E-state index contributed by atoms with van der Waals surface area (Å²) >= 11 is 0. The van der Waals surface area contributed by atoms with Crippen molar-refractivity contribution in [1.82, 2.24) is 0 Å². The smallest absolute Gasteiger partial charge is 0.158 e. The molecule has 2 rings (SSSR count). The molecular formula is C17H22O2. The van der Waals surface area contributed by atoms with E-state index < -0.39 is 0 Å². The van der Waals surface area contributed by atoms with Crippen LogP contribution in [0.2, 0.25) is 0 Å². The summed E-state index contributed by atoms with van der Waals surface area (Å²) in [5, 5.41) is 0. The van der Waals surface area contributed by atoms with Gasteiger partial charge in [0.2, 0.25) is 0 Å². The highest BCUT2D eigenvalue weighted by atomic mass is 16.5. The molecule has 0 atom stereocenters. The van der Waals surface area contributed by atoms with E-state index in [2.05, 4.69) is 18.2 Å². The lowest BCUT2D eigenvalue weighted by molar-refractivity contribution is -0.116. The molecule has 19 heavy (non-hydrogen) atoms. The molecule has 0 heterocycles. The van der Waals surface area contributed by atoms with Crippen molar-refractivity contribution in [1.29, 1.82) is 0 Å². The molecule has 1 aliphatic rings. The Bertz CT molecular complexity index is 420. The lowest BCUT2D eigenvalue weighted by Gasteiger charge is -2.11. The molecule has 0 fully saturated rings. The second-order valence-electron chi connectivity index (χ2n) is 5.04. The number of ketones is 1. The van der Waals surface area contributed by atoms with Crippen LogP contribution in [0.3, 0.4) is 0 Å². The molecule has 0 aliphatic heterocycles.